The average Bonchev–Trinajstić information content (AvgIpc) is 3.48. The van der Waals surface area contributed by atoms with Crippen molar-refractivity contribution >= 4 is 55.1 Å². The number of hydrogen-bond donors (Lipinski definition) is 1. The molecule has 0 saturated heterocycles. The molecule has 0 aromatic heterocycles. The van der Waals surface area contributed by atoms with E-state index < -0.39 is 28.5 Å². The SMILES string of the molecule is COc1ccc(N(CC(=O)N(Cc2ccc(Br)cc2)[C@@H](C)C(=O)NC2CCCC2)S(=O)(=O)c2ccccc2)cc1Cl. The number of hydrogen-bond acceptors (Lipinski definition) is 5. The number of methoxy groups -OCH3 is 1. The molecule has 41 heavy (non-hydrogen) atoms. The number of amides is 2. The number of anilines is 1. The zero-order chi connectivity index (χ0) is 29.6. The molecule has 3 aromatic carbocycles. The number of sulfonamides is 1. The number of carbonyl (C=O) groups excluding carboxylic acids is 2. The van der Waals surface area contributed by atoms with E-state index in [0.29, 0.717) is 5.75 Å². The molecule has 1 fully saturated rings. The molecule has 0 bridgehead atoms. The van der Waals surface area contributed by atoms with Gasteiger partial charge in [0.05, 0.1) is 22.7 Å². The standard InChI is InChI=1S/C30H33BrClN3O5S/c1-21(30(37)33-24-8-6-7-9-24)34(19-22-12-14-23(31)15-13-22)29(36)20-35(25-16-17-28(40-2)27(32)18-25)41(38,39)26-10-4-3-5-11-26/h3-5,10-18,21,24H,6-9,19-20H2,1-2H3,(H,33,37)/t21-/m0/s1. The Hall–Kier alpha value is -3.08. The fourth-order valence-electron chi connectivity index (χ4n) is 4.82. The Morgan fingerprint density at radius 1 is 1.05 bits per heavy atom. The van der Waals surface area contributed by atoms with E-state index in [-0.39, 0.29) is 34.1 Å². The maximum absolute atomic E-state index is 14.0. The highest BCUT2D eigenvalue weighted by atomic mass is 79.9. The highest BCUT2D eigenvalue weighted by molar-refractivity contribution is 9.10. The molecule has 0 heterocycles. The molecular weight excluding hydrogens is 630 g/mol. The summed E-state index contributed by atoms with van der Waals surface area (Å²) in [6, 6.07) is 19.1. The molecule has 1 aliphatic carbocycles. The van der Waals surface area contributed by atoms with E-state index >= 15 is 0 Å². The molecule has 1 N–H and O–H groups in total. The minimum atomic E-state index is -4.18. The van der Waals surface area contributed by atoms with Gasteiger partial charge in [0.1, 0.15) is 18.3 Å². The number of ether oxygens (including phenoxy) is 1. The minimum absolute atomic E-state index is 0.0197. The van der Waals surface area contributed by atoms with Crippen LogP contribution >= 0.6 is 27.5 Å². The summed E-state index contributed by atoms with van der Waals surface area (Å²) < 4.78 is 34.9. The van der Waals surface area contributed by atoms with E-state index in [9.17, 15) is 18.0 Å². The molecule has 8 nitrogen and oxygen atoms in total. The van der Waals surface area contributed by atoms with Crippen LogP contribution in [0.15, 0.2) is 82.2 Å². The molecule has 11 heteroatoms. The molecule has 4 rings (SSSR count). The summed E-state index contributed by atoms with van der Waals surface area (Å²) in [6.07, 6.45) is 3.91. The molecule has 218 valence electrons. The van der Waals surface area contributed by atoms with E-state index in [1.165, 1.54) is 36.3 Å². The first-order chi connectivity index (χ1) is 19.6. The quantitative estimate of drug-likeness (QED) is 0.281. The molecule has 3 aromatic rings. The second-order valence-corrected chi connectivity index (χ2v) is 13.1. The minimum Gasteiger partial charge on any atom is -0.495 e. The third-order valence-corrected chi connectivity index (χ3v) is 9.78. The Morgan fingerprint density at radius 3 is 2.32 bits per heavy atom. The van der Waals surface area contributed by atoms with Crippen molar-refractivity contribution < 1.29 is 22.7 Å². The third-order valence-electron chi connectivity index (χ3n) is 7.17. The lowest BCUT2D eigenvalue weighted by atomic mass is 10.1. The highest BCUT2D eigenvalue weighted by Crippen LogP contribution is 2.32. The van der Waals surface area contributed by atoms with Crippen LogP contribution in [0.2, 0.25) is 5.02 Å². The summed E-state index contributed by atoms with van der Waals surface area (Å²) in [4.78, 5) is 28.8. The molecule has 0 aliphatic heterocycles. The summed E-state index contributed by atoms with van der Waals surface area (Å²) in [6.45, 7) is 1.24. The highest BCUT2D eigenvalue weighted by Gasteiger charge is 2.33. The monoisotopic (exact) mass is 661 g/mol. The van der Waals surface area contributed by atoms with Crippen molar-refractivity contribution in [2.24, 2.45) is 0 Å². The lowest BCUT2D eigenvalue weighted by molar-refractivity contribution is -0.139. The normalized spacial score (nSPS) is 14.3. The lowest BCUT2D eigenvalue weighted by Gasteiger charge is -2.32. The van der Waals surface area contributed by atoms with Gasteiger partial charge in [-0.15, -0.1) is 0 Å². The van der Waals surface area contributed by atoms with E-state index in [1.54, 1.807) is 31.2 Å². The maximum Gasteiger partial charge on any atom is 0.264 e. The Balaban J connectivity index is 1.70. The Labute approximate surface area is 254 Å². The third kappa shape index (κ3) is 7.61. The van der Waals surface area contributed by atoms with Crippen molar-refractivity contribution in [3.05, 3.63) is 87.9 Å². The average molecular weight is 663 g/mol. The van der Waals surface area contributed by atoms with Gasteiger partial charge < -0.3 is 15.0 Å². The van der Waals surface area contributed by atoms with Crippen LogP contribution < -0.4 is 14.4 Å². The Bertz CT molecular complexity index is 1470. The van der Waals surface area contributed by atoms with Gasteiger partial charge in [-0.3, -0.25) is 13.9 Å². The number of nitrogens with zero attached hydrogens (tertiary/aromatic N) is 2. The van der Waals surface area contributed by atoms with E-state index in [0.717, 1.165) is 40.0 Å². The number of nitrogens with one attached hydrogen (secondary N) is 1. The van der Waals surface area contributed by atoms with Crippen molar-refractivity contribution in [3.8, 4) is 5.75 Å². The van der Waals surface area contributed by atoms with Gasteiger partial charge in [0.25, 0.3) is 10.0 Å². The first-order valence-corrected chi connectivity index (χ1v) is 16.0. The van der Waals surface area contributed by atoms with Crippen LogP contribution in [0.5, 0.6) is 5.75 Å². The van der Waals surface area contributed by atoms with Gasteiger partial charge in [-0.1, -0.05) is 70.7 Å². The van der Waals surface area contributed by atoms with Crippen LogP contribution in [0, 0.1) is 0 Å². The molecule has 0 spiro atoms. The molecule has 2 amide bonds. The van der Waals surface area contributed by atoms with Crippen LogP contribution in [0.4, 0.5) is 5.69 Å². The lowest BCUT2D eigenvalue weighted by Crippen LogP contribution is -2.52. The number of halogens is 2. The number of carbonyl (C=O) groups is 2. The van der Waals surface area contributed by atoms with Crippen LogP contribution in [0.1, 0.15) is 38.2 Å². The van der Waals surface area contributed by atoms with E-state index in [4.69, 9.17) is 16.3 Å². The van der Waals surface area contributed by atoms with Gasteiger partial charge in [0.2, 0.25) is 11.8 Å². The number of benzene rings is 3. The molecule has 1 saturated carbocycles. The van der Waals surface area contributed by atoms with Crippen LogP contribution in [0.3, 0.4) is 0 Å². The van der Waals surface area contributed by atoms with Crippen LogP contribution in [-0.2, 0) is 26.2 Å². The molecule has 0 radical (unpaired) electrons. The predicted molar refractivity (Wildman–Crippen MR) is 164 cm³/mol. The maximum atomic E-state index is 14.0. The van der Waals surface area contributed by atoms with E-state index in [1.807, 2.05) is 24.3 Å². The fraction of sp³-hybridized carbons (Fsp3) is 0.333. The fourth-order valence-corrected chi connectivity index (χ4v) is 6.76. The van der Waals surface area contributed by atoms with Crippen LogP contribution in [-0.4, -0.2) is 50.9 Å². The Morgan fingerprint density at radius 2 is 1.71 bits per heavy atom. The second kappa shape index (κ2) is 13.7. The Kier molecular flexibility index (Phi) is 10.3. The first kappa shape index (κ1) is 30.9. The van der Waals surface area contributed by atoms with Gasteiger partial charge in [0.15, 0.2) is 0 Å². The predicted octanol–water partition coefficient (Wildman–Crippen LogP) is 5.78. The number of rotatable bonds is 11. The first-order valence-electron chi connectivity index (χ1n) is 13.4. The second-order valence-electron chi connectivity index (χ2n) is 9.96. The molecule has 1 atom stereocenters. The summed E-state index contributed by atoms with van der Waals surface area (Å²) in [7, 11) is -2.72. The van der Waals surface area contributed by atoms with Gasteiger partial charge in [-0.2, -0.15) is 0 Å². The molecule has 1 aliphatic rings. The topological polar surface area (TPSA) is 96.0 Å². The van der Waals surface area contributed by atoms with Crippen molar-refractivity contribution in [2.75, 3.05) is 18.0 Å². The largest absolute Gasteiger partial charge is 0.495 e. The van der Waals surface area contributed by atoms with Gasteiger partial charge >= 0.3 is 0 Å². The van der Waals surface area contributed by atoms with Gasteiger partial charge in [0, 0.05) is 17.1 Å². The van der Waals surface area contributed by atoms with Gasteiger partial charge in [-0.05, 0) is 67.8 Å². The zero-order valence-electron chi connectivity index (χ0n) is 22.9. The van der Waals surface area contributed by atoms with E-state index in [2.05, 4.69) is 21.2 Å². The van der Waals surface area contributed by atoms with Crippen molar-refractivity contribution in [1.29, 1.82) is 0 Å². The summed E-state index contributed by atoms with van der Waals surface area (Å²) in [5.41, 5.74) is 0.992. The van der Waals surface area contributed by atoms with Crippen LogP contribution in [0.25, 0.3) is 0 Å². The van der Waals surface area contributed by atoms with Gasteiger partial charge in [-0.25, -0.2) is 8.42 Å². The molecular formula is C30H33BrClN3O5S. The summed E-state index contributed by atoms with van der Waals surface area (Å²) in [5.74, 6) is -0.436. The molecule has 0 unspecified atom stereocenters. The van der Waals surface area contributed by atoms with Crippen molar-refractivity contribution in [2.45, 2.75) is 56.1 Å². The van der Waals surface area contributed by atoms with Crippen molar-refractivity contribution in [1.82, 2.24) is 10.2 Å². The zero-order valence-corrected chi connectivity index (χ0v) is 26.1. The smallest absolute Gasteiger partial charge is 0.264 e. The van der Waals surface area contributed by atoms with Crippen molar-refractivity contribution in [3.63, 3.8) is 0 Å². The summed E-state index contributed by atoms with van der Waals surface area (Å²) >= 11 is 9.79. The summed E-state index contributed by atoms with van der Waals surface area (Å²) in [5, 5.41) is 3.26.